The van der Waals surface area contributed by atoms with E-state index in [1.807, 2.05) is 0 Å². The first kappa shape index (κ1) is 13.9. The summed E-state index contributed by atoms with van der Waals surface area (Å²) in [5.41, 5.74) is 1.45. The molecule has 1 N–H and O–H groups in total. The Balaban J connectivity index is 1.35. The van der Waals surface area contributed by atoms with Crippen molar-refractivity contribution in [2.75, 3.05) is 20.3 Å². The summed E-state index contributed by atoms with van der Waals surface area (Å²) in [6.45, 7) is 2.07. The lowest BCUT2D eigenvalue weighted by Gasteiger charge is -2.36. The van der Waals surface area contributed by atoms with Crippen LogP contribution in [0.25, 0.3) is 0 Å². The quantitative estimate of drug-likeness (QED) is 0.865. The van der Waals surface area contributed by atoms with Crippen LogP contribution in [0.1, 0.15) is 43.6 Å². The molecule has 2 aliphatic rings. The van der Waals surface area contributed by atoms with Crippen LogP contribution < -0.4 is 10.1 Å². The molecule has 1 heterocycles. The molecule has 1 aliphatic carbocycles. The van der Waals surface area contributed by atoms with Crippen LogP contribution >= 0.6 is 0 Å². The summed E-state index contributed by atoms with van der Waals surface area (Å²) in [6.07, 6.45) is 6.70. The SMILES string of the molecule is COc1ccc(C2CC(NCCC3CCCO3)C2)cc1. The lowest BCUT2D eigenvalue weighted by molar-refractivity contribution is 0.102. The summed E-state index contributed by atoms with van der Waals surface area (Å²) in [6, 6.07) is 9.22. The zero-order valence-electron chi connectivity index (χ0n) is 12.3. The first-order valence-electron chi connectivity index (χ1n) is 7.84. The fraction of sp³-hybridized carbons (Fsp3) is 0.647. The molecule has 1 aromatic rings. The summed E-state index contributed by atoms with van der Waals surface area (Å²) >= 11 is 0. The maximum absolute atomic E-state index is 5.65. The van der Waals surface area contributed by atoms with E-state index >= 15 is 0 Å². The van der Waals surface area contributed by atoms with E-state index in [9.17, 15) is 0 Å². The fourth-order valence-electron chi connectivity index (χ4n) is 3.25. The van der Waals surface area contributed by atoms with Gasteiger partial charge in [0.25, 0.3) is 0 Å². The van der Waals surface area contributed by atoms with E-state index in [2.05, 4.69) is 29.6 Å². The highest BCUT2D eigenvalue weighted by molar-refractivity contribution is 5.30. The molecule has 3 rings (SSSR count). The van der Waals surface area contributed by atoms with Gasteiger partial charge in [0, 0.05) is 12.6 Å². The lowest BCUT2D eigenvalue weighted by Crippen LogP contribution is -2.41. The minimum Gasteiger partial charge on any atom is -0.497 e. The van der Waals surface area contributed by atoms with Gasteiger partial charge in [0.1, 0.15) is 5.75 Å². The highest BCUT2D eigenvalue weighted by Gasteiger charge is 2.29. The lowest BCUT2D eigenvalue weighted by atomic mass is 9.76. The average Bonchev–Trinajstić information content (AvgIpc) is 2.95. The number of hydrogen-bond donors (Lipinski definition) is 1. The van der Waals surface area contributed by atoms with Gasteiger partial charge in [0.15, 0.2) is 0 Å². The monoisotopic (exact) mass is 275 g/mol. The molecule has 2 fully saturated rings. The predicted molar refractivity (Wildman–Crippen MR) is 80.4 cm³/mol. The highest BCUT2D eigenvalue weighted by Crippen LogP contribution is 2.37. The van der Waals surface area contributed by atoms with Crippen LogP contribution in [0.2, 0.25) is 0 Å². The van der Waals surface area contributed by atoms with Crippen LogP contribution in [0, 0.1) is 0 Å². The molecule has 1 saturated heterocycles. The maximum Gasteiger partial charge on any atom is 0.118 e. The Morgan fingerprint density at radius 1 is 1.25 bits per heavy atom. The normalized spacial score (nSPS) is 29.1. The van der Waals surface area contributed by atoms with Gasteiger partial charge in [-0.2, -0.15) is 0 Å². The molecular formula is C17H25NO2. The molecule has 3 nitrogen and oxygen atoms in total. The first-order chi connectivity index (χ1) is 9.85. The van der Waals surface area contributed by atoms with Crippen LogP contribution in [0.4, 0.5) is 0 Å². The van der Waals surface area contributed by atoms with Gasteiger partial charge in [-0.25, -0.2) is 0 Å². The summed E-state index contributed by atoms with van der Waals surface area (Å²) in [5.74, 6) is 1.67. The predicted octanol–water partition coefficient (Wildman–Crippen LogP) is 3.10. The van der Waals surface area contributed by atoms with Crippen molar-refractivity contribution in [2.24, 2.45) is 0 Å². The average molecular weight is 275 g/mol. The van der Waals surface area contributed by atoms with Crippen molar-refractivity contribution in [3.8, 4) is 5.75 Å². The Morgan fingerprint density at radius 3 is 2.70 bits per heavy atom. The summed E-state index contributed by atoms with van der Waals surface area (Å²) in [7, 11) is 1.71. The van der Waals surface area contributed by atoms with Crippen LogP contribution in [0.15, 0.2) is 24.3 Å². The number of rotatable bonds is 6. The topological polar surface area (TPSA) is 30.5 Å². The molecule has 3 heteroatoms. The van der Waals surface area contributed by atoms with Crippen molar-refractivity contribution in [3.05, 3.63) is 29.8 Å². The van der Waals surface area contributed by atoms with E-state index in [0.717, 1.165) is 24.8 Å². The molecule has 1 atom stereocenters. The zero-order valence-corrected chi connectivity index (χ0v) is 12.3. The fourth-order valence-corrected chi connectivity index (χ4v) is 3.25. The van der Waals surface area contributed by atoms with E-state index in [1.165, 1.54) is 37.7 Å². The van der Waals surface area contributed by atoms with Crippen molar-refractivity contribution >= 4 is 0 Å². The van der Waals surface area contributed by atoms with Crippen molar-refractivity contribution < 1.29 is 9.47 Å². The Bertz CT molecular complexity index is 406. The van der Waals surface area contributed by atoms with Gasteiger partial charge in [-0.3, -0.25) is 0 Å². The van der Waals surface area contributed by atoms with E-state index in [1.54, 1.807) is 7.11 Å². The molecule has 0 radical (unpaired) electrons. The van der Waals surface area contributed by atoms with Gasteiger partial charge >= 0.3 is 0 Å². The number of ether oxygens (including phenoxy) is 2. The van der Waals surface area contributed by atoms with Gasteiger partial charge in [-0.05, 0) is 62.3 Å². The maximum atomic E-state index is 5.65. The first-order valence-corrected chi connectivity index (χ1v) is 7.84. The standard InChI is InChI=1S/C17H25NO2/c1-19-16-6-4-13(5-7-16)14-11-15(12-14)18-9-8-17-3-2-10-20-17/h4-7,14-15,17-18H,2-3,8-12H2,1H3. The van der Waals surface area contributed by atoms with Gasteiger partial charge in [0.05, 0.1) is 13.2 Å². The zero-order chi connectivity index (χ0) is 13.8. The Labute approximate surface area is 121 Å². The Morgan fingerprint density at radius 2 is 2.05 bits per heavy atom. The van der Waals surface area contributed by atoms with E-state index in [4.69, 9.17) is 9.47 Å². The molecule has 20 heavy (non-hydrogen) atoms. The second-order valence-corrected chi connectivity index (χ2v) is 6.02. The van der Waals surface area contributed by atoms with E-state index in [0.29, 0.717) is 12.1 Å². The molecule has 1 aliphatic heterocycles. The Kier molecular flexibility index (Phi) is 4.58. The minimum absolute atomic E-state index is 0.514. The molecule has 110 valence electrons. The third-order valence-electron chi connectivity index (χ3n) is 4.65. The van der Waals surface area contributed by atoms with E-state index in [-0.39, 0.29) is 0 Å². The van der Waals surface area contributed by atoms with Gasteiger partial charge in [0.2, 0.25) is 0 Å². The summed E-state index contributed by atoms with van der Waals surface area (Å²) < 4.78 is 10.8. The Hall–Kier alpha value is -1.06. The molecular weight excluding hydrogens is 250 g/mol. The molecule has 0 spiro atoms. The van der Waals surface area contributed by atoms with Crippen LogP contribution in [-0.4, -0.2) is 32.4 Å². The summed E-state index contributed by atoms with van der Waals surface area (Å²) in [5, 5.41) is 3.66. The number of benzene rings is 1. The second kappa shape index (κ2) is 6.59. The number of hydrogen-bond acceptors (Lipinski definition) is 3. The third kappa shape index (κ3) is 3.33. The van der Waals surface area contributed by atoms with Crippen molar-refractivity contribution in [1.29, 1.82) is 0 Å². The highest BCUT2D eigenvalue weighted by atomic mass is 16.5. The van der Waals surface area contributed by atoms with Crippen molar-refractivity contribution in [1.82, 2.24) is 5.32 Å². The van der Waals surface area contributed by atoms with Crippen LogP contribution in [-0.2, 0) is 4.74 Å². The van der Waals surface area contributed by atoms with Gasteiger partial charge in [-0.1, -0.05) is 12.1 Å². The number of nitrogens with one attached hydrogen (secondary N) is 1. The molecule has 1 saturated carbocycles. The van der Waals surface area contributed by atoms with Crippen molar-refractivity contribution in [3.63, 3.8) is 0 Å². The molecule has 1 aromatic carbocycles. The second-order valence-electron chi connectivity index (χ2n) is 6.02. The molecule has 1 unspecified atom stereocenters. The van der Waals surface area contributed by atoms with Gasteiger partial charge < -0.3 is 14.8 Å². The summed E-state index contributed by atoms with van der Waals surface area (Å²) in [4.78, 5) is 0. The van der Waals surface area contributed by atoms with E-state index < -0.39 is 0 Å². The van der Waals surface area contributed by atoms with Crippen molar-refractivity contribution in [2.45, 2.75) is 50.2 Å². The minimum atomic E-state index is 0.514. The third-order valence-corrected chi connectivity index (χ3v) is 4.65. The largest absolute Gasteiger partial charge is 0.497 e. The van der Waals surface area contributed by atoms with Crippen LogP contribution in [0.3, 0.4) is 0 Å². The molecule has 0 bridgehead atoms. The molecule has 0 amide bonds. The molecule has 0 aromatic heterocycles. The van der Waals surface area contributed by atoms with Gasteiger partial charge in [-0.15, -0.1) is 0 Å². The smallest absolute Gasteiger partial charge is 0.118 e. The number of methoxy groups -OCH3 is 1. The van der Waals surface area contributed by atoms with Crippen LogP contribution in [0.5, 0.6) is 5.75 Å².